The van der Waals surface area contributed by atoms with Gasteiger partial charge in [-0.2, -0.15) is 13.2 Å². The first-order valence-electron chi connectivity index (χ1n) is 5.16. The summed E-state index contributed by atoms with van der Waals surface area (Å²) in [6, 6.07) is 4.88. The molecule has 0 saturated heterocycles. The Labute approximate surface area is 107 Å². The molecule has 0 heterocycles. The standard InChI is InChI=1S/C12H13F3O2S/c1-11(2,10(16)17)7-18-9-5-3-4-8(6-9)12(13,14)15/h3-6H,7H2,1-2H3,(H,16,17). The van der Waals surface area contributed by atoms with E-state index in [-0.39, 0.29) is 5.75 Å². The number of alkyl halides is 3. The number of thioether (sulfide) groups is 1. The summed E-state index contributed by atoms with van der Waals surface area (Å²) in [4.78, 5) is 11.3. The number of halogens is 3. The number of carboxylic acids is 1. The number of hydrogen-bond acceptors (Lipinski definition) is 2. The fraction of sp³-hybridized carbons (Fsp3) is 0.417. The minimum atomic E-state index is -4.38. The van der Waals surface area contributed by atoms with Gasteiger partial charge in [-0.05, 0) is 32.0 Å². The van der Waals surface area contributed by atoms with Crippen molar-refractivity contribution in [3.05, 3.63) is 29.8 Å². The maximum atomic E-state index is 12.5. The van der Waals surface area contributed by atoms with E-state index in [1.807, 2.05) is 0 Å². The van der Waals surface area contributed by atoms with Gasteiger partial charge in [0.15, 0.2) is 0 Å². The van der Waals surface area contributed by atoms with Gasteiger partial charge in [-0.1, -0.05) is 6.07 Å². The van der Waals surface area contributed by atoms with Crippen LogP contribution < -0.4 is 0 Å². The Morgan fingerprint density at radius 2 is 1.94 bits per heavy atom. The average Bonchev–Trinajstić information content (AvgIpc) is 2.25. The second-order valence-electron chi connectivity index (χ2n) is 4.50. The van der Waals surface area contributed by atoms with E-state index in [4.69, 9.17) is 5.11 Å². The summed E-state index contributed by atoms with van der Waals surface area (Å²) >= 11 is 1.11. The van der Waals surface area contributed by atoms with Gasteiger partial charge < -0.3 is 5.11 Å². The SMILES string of the molecule is CC(C)(CSc1cccc(C(F)(F)F)c1)C(=O)O. The summed E-state index contributed by atoms with van der Waals surface area (Å²) in [6.45, 7) is 3.08. The molecule has 0 atom stereocenters. The van der Waals surface area contributed by atoms with Crippen molar-refractivity contribution in [1.82, 2.24) is 0 Å². The molecule has 2 nitrogen and oxygen atoms in total. The van der Waals surface area contributed by atoms with Gasteiger partial charge in [-0.3, -0.25) is 4.79 Å². The molecule has 1 aromatic rings. The summed E-state index contributed by atoms with van der Waals surface area (Å²) in [5, 5.41) is 8.91. The molecule has 0 aliphatic carbocycles. The lowest BCUT2D eigenvalue weighted by Crippen LogP contribution is -2.26. The van der Waals surface area contributed by atoms with E-state index in [0.717, 1.165) is 23.9 Å². The Bertz CT molecular complexity index is 441. The number of aliphatic carboxylic acids is 1. The van der Waals surface area contributed by atoms with Gasteiger partial charge in [0.25, 0.3) is 0 Å². The third kappa shape index (κ3) is 3.94. The van der Waals surface area contributed by atoms with Crippen LogP contribution in [0.5, 0.6) is 0 Å². The van der Waals surface area contributed by atoms with Gasteiger partial charge in [-0.25, -0.2) is 0 Å². The number of carboxylic acid groups (broad SMARTS) is 1. The van der Waals surface area contributed by atoms with E-state index in [2.05, 4.69) is 0 Å². The summed E-state index contributed by atoms with van der Waals surface area (Å²) in [5.74, 6) is -0.758. The van der Waals surface area contributed by atoms with Gasteiger partial charge >= 0.3 is 12.1 Å². The molecule has 0 spiro atoms. The highest BCUT2D eigenvalue weighted by molar-refractivity contribution is 7.99. The maximum Gasteiger partial charge on any atom is 0.416 e. The van der Waals surface area contributed by atoms with Crippen LogP contribution in [0, 0.1) is 5.41 Å². The van der Waals surface area contributed by atoms with Crippen LogP contribution in [-0.4, -0.2) is 16.8 Å². The molecule has 0 fully saturated rings. The quantitative estimate of drug-likeness (QED) is 0.848. The van der Waals surface area contributed by atoms with E-state index in [9.17, 15) is 18.0 Å². The van der Waals surface area contributed by atoms with Gasteiger partial charge in [0, 0.05) is 10.6 Å². The predicted molar refractivity (Wildman–Crippen MR) is 63.6 cm³/mol. The second-order valence-corrected chi connectivity index (χ2v) is 5.55. The molecular formula is C12H13F3O2S. The topological polar surface area (TPSA) is 37.3 Å². The Hall–Kier alpha value is -1.17. The lowest BCUT2D eigenvalue weighted by atomic mass is 9.97. The molecule has 0 aliphatic rings. The van der Waals surface area contributed by atoms with Crippen LogP contribution in [0.2, 0.25) is 0 Å². The molecule has 0 amide bonds. The van der Waals surface area contributed by atoms with Gasteiger partial charge in [0.05, 0.1) is 11.0 Å². The monoisotopic (exact) mass is 278 g/mol. The fourth-order valence-electron chi connectivity index (χ4n) is 1.09. The highest BCUT2D eigenvalue weighted by atomic mass is 32.2. The zero-order valence-electron chi connectivity index (χ0n) is 9.91. The van der Waals surface area contributed by atoms with Crippen LogP contribution >= 0.6 is 11.8 Å². The highest BCUT2D eigenvalue weighted by Gasteiger charge is 2.31. The zero-order chi connectivity index (χ0) is 14.0. The lowest BCUT2D eigenvalue weighted by molar-refractivity contribution is -0.145. The van der Waals surface area contributed by atoms with Crippen LogP contribution in [0.4, 0.5) is 13.2 Å². The molecule has 0 unspecified atom stereocenters. The molecule has 0 aliphatic heterocycles. The third-order valence-corrected chi connectivity index (χ3v) is 3.79. The van der Waals surface area contributed by atoms with Crippen LogP contribution in [0.1, 0.15) is 19.4 Å². The Morgan fingerprint density at radius 1 is 1.33 bits per heavy atom. The van der Waals surface area contributed by atoms with Crippen molar-refractivity contribution in [3.8, 4) is 0 Å². The average molecular weight is 278 g/mol. The van der Waals surface area contributed by atoms with Crippen molar-refractivity contribution >= 4 is 17.7 Å². The molecule has 0 saturated carbocycles. The molecule has 0 bridgehead atoms. The van der Waals surface area contributed by atoms with E-state index in [1.165, 1.54) is 26.0 Å². The summed E-state index contributed by atoms with van der Waals surface area (Å²) in [6.07, 6.45) is -4.38. The minimum Gasteiger partial charge on any atom is -0.481 e. The van der Waals surface area contributed by atoms with Crippen LogP contribution in [-0.2, 0) is 11.0 Å². The van der Waals surface area contributed by atoms with Crippen molar-refractivity contribution in [1.29, 1.82) is 0 Å². The number of hydrogen-bond donors (Lipinski definition) is 1. The lowest BCUT2D eigenvalue weighted by Gasteiger charge is -2.18. The molecule has 0 radical (unpaired) electrons. The zero-order valence-corrected chi connectivity index (χ0v) is 10.7. The molecule has 0 aromatic heterocycles. The minimum absolute atomic E-state index is 0.212. The first-order chi connectivity index (χ1) is 8.13. The van der Waals surface area contributed by atoms with E-state index in [1.54, 1.807) is 0 Å². The van der Waals surface area contributed by atoms with Crippen molar-refractivity contribution in [3.63, 3.8) is 0 Å². The first kappa shape index (κ1) is 14.9. The molecule has 18 heavy (non-hydrogen) atoms. The summed E-state index contributed by atoms with van der Waals surface area (Å²) in [5.41, 5.74) is -1.69. The largest absolute Gasteiger partial charge is 0.481 e. The van der Waals surface area contributed by atoms with Crippen molar-refractivity contribution < 1.29 is 23.1 Å². The van der Waals surface area contributed by atoms with Crippen molar-refractivity contribution in [2.45, 2.75) is 24.9 Å². The molecular weight excluding hydrogens is 265 g/mol. The highest BCUT2D eigenvalue weighted by Crippen LogP contribution is 2.33. The fourth-order valence-corrected chi connectivity index (χ4v) is 2.12. The predicted octanol–water partition coefficient (Wildman–Crippen LogP) is 3.91. The maximum absolute atomic E-state index is 12.5. The molecule has 1 N–H and O–H groups in total. The second kappa shape index (κ2) is 5.22. The van der Waals surface area contributed by atoms with Gasteiger partial charge in [-0.15, -0.1) is 11.8 Å². The first-order valence-corrected chi connectivity index (χ1v) is 6.15. The molecule has 6 heteroatoms. The number of benzene rings is 1. The molecule has 100 valence electrons. The Balaban J connectivity index is 2.78. The summed E-state index contributed by atoms with van der Waals surface area (Å²) in [7, 11) is 0. The van der Waals surface area contributed by atoms with Gasteiger partial charge in [0.1, 0.15) is 0 Å². The third-order valence-electron chi connectivity index (χ3n) is 2.34. The van der Waals surface area contributed by atoms with E-state index < -0.39 is 23.1 Å². The van der Waals surface area contributed by atoms with Gasteiger partial charge in [0.2, 0.25) is 0 Å². The Morgan fingerprint density at radius 3 is 2.44 bits per heavy atom. The molecule has 1 aromatic carbocycles. The van der Waals surface area contributed by atoms with E-state index in [0.29, 0.717) is 4.90 Å². The number of carbonyl (C=O) groups is 1. The van der Waals surface area contributed by atoms with Crippen LogP contribution in [0.3, 0.4) is 0 Å². The van der Waals surface area contributed by atoms with Crippen molar-refractivity contribution in [2.24, 2.45) is 5.41 Å². The smallest absolute Gasteiger partial charge is 0.416 e. The van der Waals surface area contributed by atoms with E-state index >= 15 is 0 Å². The van der Waals surface area contributed by atoms with Crippen molar-refractivity contribution in [2.75, 3.05) is 5.75 Å². The van der Waals surface area contributed by atoms with Crippen LogP contribution in [0.15, 0.2) is 29.2 Å². The Kier molecular flexibility index (Phi) is 4.32. The summed E-state index contributed by atoms with van der Waals surface area (Å²) < 4.78 is 37.4. The normalized spacial score (nSPS) is 12.5. The molecule has 1 rings (SSSR count). The van der Waals surface area contributed by atoms with Crippen LogP contribution in [0.25, 0.3) is 0 Å². The number of rotatable bonds is 4.